The van der Waals surface area contributed by atoms with Gasteiger partial charge in [0.1, 0.15) is 0 Å². The fourth-order valence-corrected chi connectivity index (χ4v) is 20.7. The van der Waals surface area contributed by atoms with Crippen LogP contribution in [-0.4, -0.2) is 29.5 Å². The van der Waals surface area contributed by atoms with E-state index in [0.29, 0.717) is 5.69 Å². The van der Waals surface area contributed by atoms with Crippen LogP contribution in [0.15, 0.2) is 480 Å². The molecule has 0 atom stereocenters. The maximum absolute atomic E-state index is 7.61. The number of pyridine rings is 5. The van der Waals surface area contributed by atoms with E-state index in [4.69, 9.17) is 21.5 Å². The Morgan fingerprint density at radius 1 is 0.200 bits per heavy atom. The Kier molecular flexibility index (Phi) is 19.5. The predicted octanol–water partition coefficient (Wildman–Crippen LogP) is 34.5. The quantitative estimate of drug-likeness (QED) is 0.0775. The normalized spacial score (nSPS) is 11.5. The monoisotopic (exact) mass is 1710 g/mol. The molecule has 135 heavy (non-hydrogen) atoms. The van der Waals surface area contributed by atoms with E-state index in [1.165, 1.54) is 125 Å². The molecular weight excluding hydrogens is 1640 g/mol. The predicted molar refractivity (Wildman–Crippen MR) is 568 cm³/mol. The van der Waals surface area contributed by atoms with E-state index in [9.17, 15) is 0 Å². The van der Waals surface area contributed by atoms with Gasteiger partial charge in [0, 0.05) is 112 Å². The van der Waals surface area contributed by atoms with E-state index in [2.05, 4.69) is 444 Å². The molecule has 0 unspecified atom stereocenters. The van der Waals surface area contributed by atoms with Crippen LogP contribution in [-0.2, 0) is 0 Å². The van der Waals surface area contributed by atoms with Gasteiger partial charge in [0.2, 0.25) is 0 Å². The number of hydrogen-bond acceptors (Lipinski definition) is 5. The van der Waals surface area contributed by atoms with Crippen molar-refractivity contribution in [2.45, 2.75) is 0 Å². The minimum Gasteiger partial charge on any atom is -0.309 e. The first-order valence-corrected chi connectivity index (χ1v) is 45.7. The van der Waals surface area contributed by atoms with E-state index >= 15 is 0 Å². The van der Waals surface area contributed by atoms with Crippen molar-refractivity contribution in [3.8, 4) is 106 Å². The summed E-state index contributed by atoms with van der Waals surface area (Å²) in [6.45, 7) is 7.61. The molecule has 6 aromatic heterocycles. The Morgan fingerprint density at radius 3 is 0.978 bits per heavy atom. The van der Waals surface area contributed by atoms with Gasteiger partial charge in [0.25, 0.3) is 0 Å². The third kappa shape index (κ3) is 14.0. The number of aromatic nitrogens is 6. The summed E-state index contributed by atoms with van der Waals surface area (Å²) in [7, 11) is 0. The second-order valence-electron chi connectivity index (χ2n) is 34.7. The number of nitrogens with zero attached hydrogens (tertiary/aromatic N) is 7. The molecule has 27 aromatic rings. The summed E-state index contributed by atoms with van der Waals surface area (Å²) in [6, 6.07) is 162. The summed E-state index contributed by atoms with van der Waals surface area (Å²) in [5.41, 5.74) is 27.3. The first-order valence-electron chi connectivity index (χ1n) is 45.7. The fourth-order valence-electron chi connectivity index (χ4n) is 20.7. The number of fused-ring (bicyclic) bond motifs is 21. The van der Waals surface area contributed by atoms with Crippen molar-refractivity contribution in [3.05, 3.63) is 491 Å². The summed E-state index contributed by atoms with van der Waals surface area (Å²) in [5.74, 6) is 0. The lowest BCUT2D eigenvalue weighted by atomic mass is 9.84. The first kappa shape index (κ1) is 79.0. The highest BCUT2D eigenvalue weighted by atomic mass is 15.0. The largest absolute Gasteiger partial charge is 0.309 e. The van der Waals surface area contributed by atoms with Crippen LogP contribution in [0, 0.1) is 6.57 Å². The molecule has 0 saturated carbocycles. The van der Waals surface area contributed by atoms with Gasteiger partial charge in [-0.15, -0.1) is 0 Å². The standard InChI is InChI=1S/C47H29N.C42H25N3.C39H25N3/c1-3-15-34-30(12-1)14-11-22-36(34)46-39-19-7-5-17-37(39)44(38-18-6-8-20-40(38)46)32-24-26-33(27-25-32)47-42-29-28-31-13-2-4-16-35(31)45(42)41-21-9-10-23-43(41)48-47;1-43-31-21-24-40-37(26-31)36-25-30(20-23-39(36)45(40)32-10-3-2-4-11-32)27-15-17-29(18-16-27)42-35-22-19-28-9-5-6-12-33(28)41(35)34-13-7-8-14-38(34)44-42;1-2-10-34-27(7-1)17-18-36-38(34)35-11-3-4-12-37(35)42-39(36)28-15-13-26(14-16-28)31-21-32(29-8-5-19-40-24-29)23-33(22-31)30-9-6-20-41-25-30/h1-29H;2-26H;1-25H. The van der Waals surface area contributed by atoms with Gasteiger partial charge in [-0.05, 0) is 211 Å². The minimum atomic E-state index is 0.646. The van der Waals surface area contributed by atoms with Gasteiger partial charge in [-0.3, -0.25) is 9.97 Å². The topological polar surface area (TPSA) is 73.7 Å². The lowest BCUT2D eigenvalue weighted by Crippen LogP contribution is -1.93. The Bertz CT molecular complexity index is 9310. The zero-order valence-corrected chi connectivity index (χ0v) is 73.2. The average molecular weight is 1720 g/mol. The molecule has 0 saturated heterocycles. The molecule has 0 amide bonds. The smallest absolute Gasteiger partial charge is 0.188 e. The van der Waals surface area contributed by atoms with Crippen LogP contribution in [0.5, 0.6) is 0 Å². The summed E-state index contributed by atoms with van der Waals surface area (Å²) in [5, 5.41) is 28.1. The molecule has 0 N–H and O–H groups in total. The number of rotatable bonds is 10. The molecule has 27 rings (SSSR count). The van der Waals surface area contributed by atoms with Gasteiger partial charge in [-0.2, -0.15) is 0 Å². The first-order chi connectivity index (χ1) is 66.9. The van der Waals surface area contributed by atoms with Crippen molar-refractivity contribution in [1.82, 2.24) is 29.5 Å². The van der Waals surface area contributed by atoms with Crippen LogP contribution in [0.4, 0.5) is 5.69 Å². The van der Waals surface area contributed by atoms with Crippen LogP contribution < -0.4 is 0 Å². The second-order valence-corrected chi connectivity index (χ2v) is 34.7. The van der Waals surface area contributed by atoms with E-state index in [1.807, 2.05) is 42.7 Å². The van der Waals surface area contributed by atoms with E-state index < -0.39 is 0 Å². The minimum absolute atomic E-state index is 0.646. The number of benzene rings is 21. The third-order valence-electron chi connectivity index (χ3n) is 27.0. The highest BCUT2D eigenvalue weighted by Gasteiger charge is 2.23. The van der Waals surface area contributed by atoms with Crippen molar-refractivity contribution in [2.75, 3.05) is 0 Å². The molecule has 6 heterocycles. The zero-order valence-electron chi connectivity index (χ0n) is 73.2. The van der Waals surface area contributed by atoms with Crippen molar-refractivity contribution in [2.24, 2.45) is 0 Å². The summed E-state index contributed by atoms with van der Waals surface area (Å²) >= 11 is 0. The van der Waals surface area contributed by atoms with Gasteiger partial charge < -0.3 is 4.57 Å². The van der Waals surface area contributed by atoms with E-state index in [1.54, 1.807) is 12.4 Å². The van der Waals surface area contributed by atoms with Crippen LogP contribution in [0.1, 0.15) is 0 Å². The maximum Gasteiger partial charge on any atom is 0.188 e. The average Bonchev–Trinajstić information content (AvgIpc) is 1.52. The summed E-state index contributed by atoms with van der Waals surface area (Å²) in [6.07, 6.45) is 7.44. The maximum atomic E-state index is 7.61. The molecule has 7 heteroatoms. The number of hydrogen-bond donors (Lipinski definition) is 0. The van der Waals surface area contributed by atoms with Crippen molar-refractivity contribution in [3.63, 3.8) is 0 Å². The SMILES string of the molecule is [C-]#[N+]c1ccc2c(c1)c1cc(-c3ccc(-c4nc5ccccc5c5c4ccc4ccccc45)cc3)ccc1n2-c1ccccc1.c1ccc2c(-c3c4ccccc4c(-c4ccc(-c5nc6ccccc6c6c5ccc5ccccc56)cc4)c4ccccc34)cccc2c1.c1cncc(-c2cc(-c3ccc(-c4nc5ccccc5c5c4ccc4ccccc45)cc3)cc(-c3cccnc3)c2)c1. The summed E-state index contributed by atoms with van der Waals surface area (Å²) < 4.78 is 2.28. The molecule has 0 bridgehead atoms. The van der Waals surface area contributed by atoms with E-state index in [-0.39, 0.29) is 0 Å². The van der Waals surface area contributed by atoms with Gasteiger partial charge in [0.05, 0.1) is 51.2 Å². The Labute approximate surface area is 778 Å². The van der Waals surface area contributed by atoms with Gasteiger partial charge in [-0.1, -0.05) is 370 Å². The molecular formula is C128H79N7. The Morgan fingerprint density at radius 2 is 0.541 bits per heavy atom. The molecule has 0 radical (unpaired) electrons. The molecule has 21 aromatic carbocycles. The zero-order chi connectivity index (χ0) is 89.4. The molecule has 0 aliphatic rings. The lowest BCUT2D eigenvalue weighted by molar-refractivity contribution is 1.18. The highest BCUT2D eigenvalue weighted by Crippen LogP contribution is 2.49. The van der Waals surface area contributed by atoms with Crippen molar-refractivity contribution in [1.29, 1.82) is 0 Å². The fraction of sp³-hybridized carbons (Fsp3) is 0. The lowest BCUT2D eigenvalue weighted by Gasteiger charge is -2.19. The Balaban J connectivity index is 0.000000108. The van der Waals surface area contributed by atoms with Crippen molar-refractivity contribution >= 4 is 157 Å². The van der Waals surface area contributed by atoms with Crippen LogP contribution >= 0.6 is 0 Å². The molecule has 0 aliphatic heterocycles. The third-order valence-corrected chi connectivity index (χ3v) is 27.0. The van der Waals surface area contributed by atoms with Crippen LogP contribution in [0.3, 0.4) is 0 Å². The van der Waals surface area contributed by atoms with Crippen LogP contribution in [0.2, 0.25) is 0 Å². The van der Waals surface area contributed by atoms with E-state index in [0.717, 1.165) is 133 Å². The van der Waals surface area contributed by atoms with Gasteiger partial charge in [-0.25, -0.2) is 19.8 Å². The molecule has 0 fully saturated rings. The van der Waals surface area contributed by atoms with Crippen LogP contribution in [0.25, 0.3) is 263 Å². The summed E-state index contributed by atoms with van der Waals surface area (Å²) in [4.78, 5) is 28.0. The molecule has 0 aliphatic carbocycles. The number of para-hydroxylation sites is 4. The second kappa shape index (κ2) is 33.4. The highest BCUT2D eigenvalue weighted by molar-refractivity contribution is 6.27. The van der Waals surface area contributed by atoms with Crippen molar-refractivity contribution < 1.29 is 0 Å². The van der Waals surface area contributed by atoms with Gasteiger partial charge in [0.15, 0.2) is 5.69 Å². The Hall–Kier alpha value is -18.2. The molecule has 7 nitrogen and oxygen atoms in total. The molecule has 0 spiro atoms. The van der Waals surface area contributed by atoms with Gasteiger partial charge >= 0.3 is 0 Å². The molecule has 626 valence electrons.